The van der Waals surface area contributed by atoms with Crippen molar-refractivity contribution < 1.29 is 134 Å². The number of esters is 8. The molecule has 6 rings (SSSR count). The van der Waals surface area contributed by atoms with Gasteiger partial charge in [0.1, 0.15) is 60.9 Å². The summed E-state index contributed by atoms with van der Waals surface area (Å²) in [6.45, 7) is 9.40. The molecular formula is C61H81N3O28. The topological polar surface area (TPSA) is 383 Å². The van der Waals surface area contributed by atoms with E-state index in [0.29, 0.717) is 17.5 Å². The lowest BCUT2D eigenvalue weighted by molar-refractivity contribution is -0.340. The second-order valence-electron chi connectivity index (χ2n) is 22.8. The summed E-state index contributed by atoms with van der Waals surface area (Å²) >= 11 is 0. The van der Waals surface area contributed by atoms with Crippen molar-refractivity contribution in [2.24, 2.45) is 0 Å². The third-order valence-corrected chi connectivity index (χ3v) is 14.2. The number of nitrogens with one attached hydrogen (secondary N) is 2. The molecule has 0 unspecified atom stereocenters. The first-order valence-corrected chi connectivity index (χ1v) is 29.5. The number of rotatable bonds is 26. The van der Waals surface area contributed by atoms with Gasteiger partial charge in [-0.15, -0.1) is 0 Å². The molecule has 31 heteroatoms. The summed E-state index contributed by atoms with van der Waals surface area (Å²) in [5, 5.41) is 17.7. The van der Waals surface area contributed by atoms with Crippen molar-refractivity contribution in [3.05, 3.63) is 71.8 Å². The van der Waals surface area contributed by atoms with Gasteiger partial charge < -0.3 is 96.4 Å². The zero-order valence-corrected chi connectivity index (χ0v) is 52.9. The van der Waals surface area contributed by atoms with Crippen LogP contribution in [0.1, 0.15) is 99.6 Å². The highest BCUT2D eigenvalue weighted by atomic mass is 16.8. The van der Waals surface area contributed by atoms with Crippen LogP contribution in [0.25, 0.3) is 0 Å². The molecule has 0 radical (unpaired) electrons. The SMILES string of the molecule is COC(=O)[C@@H]1CCCN1C(=O)[C@H](CC(=O)N[C@@H]1O[C@H](CO[C@@H]2O[C@H](CO[C@H]3O[C@H](COC(C)=O)[C@@H](OC(C)=O)[C@H](OC(C)=O)[C@H]3OC(C)=O)[C@@H](OC(C)=O)[C@H](OC(C)=O)[C@H]2OC(C)=O)[C@@H](O)[C@H](OCc2ccccc2)[C@H]1OCc1ccccc1)NC(=O)OC(C)(C)C. The summed E-state index contributed by atoms with van der Waals surface area (Å²) in [4.78, 5) is 145. The van der Waals surface area contributed by atoms with E-state index in [4.69, 9.17) is 75.8 Å². The first-order chi connectivity index (χ1) is 43.5. The van der Waals surface area contributed by atoms with Crippen LogP contribution in [0.4, 0.5) is 4.79 Å². The molecule has 0 bridgehead atoms. The Morgan fingerprint density at radius 1 is 0.554 bits per heavy atom. The van der Waals surface area contributed by atoms with Gasteiger partial charge in [0.05, 0.1) is 40.0 Å². The number of carbonyl (C=O) groups excluding carboxylic acids is 11. The van der Waals surface area contributed by atoms with Gasteiger partial charge in [-0.25, -0.2) is 9.59 Å². The molecule has 3 amide bonds. The molecule has 4 saturated heterocycles. The first kappa shape index (κ1) is 73.1. The molecule has 4 aliphatic rings. The van der Waals surface area contributed by atoms with E-state index >= 15 is 0 Å². The average molecular weight is 1300 g/mol. The second-order valence-corrected chi connectivity index (χ2v) is 22.8. The summed E-state index contributed by atoms with van der Waals surface area (Å²) in [5.74, 6) is -9.07. The van der Waals surface area contributed by atoms with Crippen LogP contribution in [0.15, 0.2) is 60.7 Å². The lowest BCUT2D eigenvalue weighted by Crippen LogP contribution is -2.66. The zero-order chi connectivity index (χ0) is 67.6. The normalized spacial score (nSPS) is 28.2. The van der Waals surface area contributed by atoms with Crippen LogP contribution in [0.5, 0.6) is 0 Å². The van der Waals surface area contributed by atoms with Gasteiger partial charge in [-0.2, -0.15) is 0 Å². The average Bonchev–Trinajstić information content (AvgIpc) is 0.890. The van der Waals surface area contributed by atoms with Crippen LogP contribution < -0.4 is 10.6 Å². The molecule has 4 heterocycles. The standard InChI is InChI=1S/C61H81N3O28/c1-31(65)78-29-43-47(83-32(2)66)50(85-34(4)68)54(88-37(7)71)59(90-43)82-30-44-48(84-33(3)67)51(86-35(5)69)53(87-36(6)70)58(91-44)81-28-42-46(73)49(79-26-38-19-14-12-15-20-38)52(80-27-39-21-16-13-17-22-39)55(89-42)63-45(72)25-40(62-60(76)92-61(8,9)10)56(74)64-24-18-23-41(64)57(75)77-11/h12-17,19-22,40-44,46-55,58-59,73H,18,23-30H2,1-11H3,(H,62,76)(H,63,72)/t40-,41-,42+,43+,44+,46+,47+,48+,49-,50-,51-,52+,53+,54+,55+,58+,59-/m0/s1. The maximum Gasteiger partial charge on any atom is 0.408 e. The summed E-state index contributed by atoms with van der Waals surface area (Å²) in [6, 6.07) is 14.9. The maximum absolute atomic E-state index is 14.7. The van der Waals surface area contributed by atoms with Crippen LogP contribution in [0.2, 0.25) is 0 Å². The molecule has 17 atom stereocenters. The van der Waals surface area contributed by atoms with Crippen molar-refractivity contribution in [2.75, 3.05) is 33.5 Å². The number of hydrogen-bond acceptors (Lipinski definition) is 28. The fourth-order valence-corrected chi connectivity index (χ4v) is 10.6. The summed E-state index contributed by atoms with van der Waals surface area (Å²) in [5.41, 5.74) is 0.230. The highest BCUT2D eigenvalue weighted by Gasteiger charge is 2.57. The molecule has 92 heavy (non-hydrogen) atoms. The van der Waals surface area contributed by atoms with Gasteiger partial charge in [0.15, 0.2) is 55.4 Å². The fraction of sp³-hybridized carbons (Fsp3) is 0.623. The number of aliphatic hydroxyl groups is 1. The van der Waals surface area contributed by atoms with Gasteiger partial charge >= 0.3 is 53.8 Å². The number of aliphatic hydroxyl groups excluding tert-OH is 1. The number of likely N-dealkylation sites (tertiary alicyclic amines) is 1. The molecule has 0 saturated carbocycles. The number of carbonyl (C=O) groups is 11. The predicted molar refractivity (Wildman–Crippen MR) is 307 cm³/mol. The van der Waals surface area contributed by atoms with Crippen LogP contribution in [0, 0.1) is 0 Å². The Morgan fingerprint density at radius 2 is 1.00 bits per heavy atom. The molecule has 2 aromatic carbocycles. The van der Waals surface area contributed by atoms with Crippen LogP contribution >= 0.6 is 0 Å². The smallest absolute Gasteiger partial charge is 0.408 e. The molecule has 4 aliphatic heterocycles. The Bertz CT molecular complexity index is 2870. The third kappa shape index (κ3) is 21.6. The highest BCUT2D eigenvalue weighted by molar-refractivity contribution is 5.93. The van der Waals surface area contributed by atoms with Crippen molar-refractivity contribution >= 4 is 65.7 Å². The first-order valence-electron chi connectivity index (χ1n) is 29.5. The summed E-state index contributed by atoms with van der Waals surface area (Å²) in [6.07, 6.45) is -26.4. The lowest BCUT2D eigenvalue weighted by Gasteiger charge is -2.47. The fourth-order valence-electron chi connectivity index (χ4n) is 10.6. The van der Waals surface area contributed by atoms with E-state index < -0.39 is 202 Å². The van der Waals surface area contributed by atoms with E-state index in [1.54, 1.807) is 81.4 Å². The van der Waals surface area contributed by atoms with Gasteiger partial charge in [0.25, 0.3) is 0 Å². The minimum absolute atomic E-state index is 0.0824. The monoisotopic (exact) mass is 1300 g/mol. The van der Waals surface area contributed by atoms with Crippen molar-refractivity contribution in [1.29, 1.82) is 0 Å². The van der Waals surface area contributed by atoms with E-state index in [9.17, 15) is 57.8 Å². The summed E-state index contributed by atoms with van der Waals surface area (Å²) < 4.78 is 93.8. The third-order valence-electron chi connectivity index (χ3n) is 14.2. The van der Waals surface area contributed by atoms with E-state index in [1.165, 1.54) is 4.90 Å². The van der Waals surface area contributed by atoms with Gasteiger partial charge in [0.2, 0.25) is 11.8 Å². The number of benzene rings is 2. The Labute approximate surface area is 530 Å². The molecule has 0 spiro atoms. The molecule has 31 nitrogen and oxygen atoms in total. The quantitative estimate of drug-likeness (QED) is 0.0886. The number of nitrogens with zero attached hydrogens (tertiary/aromatic N) is 1. The second kappa shape index (κ2) is 34.1. The zero-order valence-electron chi connectivity index (χ0n) is 52.9. The van der Waals surface area contributed by atoms with E-state index in [0.717, 1.165) is 55.6 Å². The van der Waals surface area contributed by atoms with Crippen molar-refractivity contribution in [3.63, 3.8) is 0 Å². The van der Waals surface area contributed by atoms with Gasteiger partial charge in [-0.1, -0.05) is 60.7 Å². The Morgan fingerprint density at radius 3 is 1.46 bits per heavy atom. The van der Waals surface area contributed by atoms with Crippen LogP contribution in [0.3, 0.4) is 0 Å². The number of methoxy groups -OCH3 is 1. The Balaban J connectivity index is 1.38. The molecule has 2 aromatic rings. The number of alkyl carbamates (subject to hydrolysis) is 1. The lowest BCUT2D eigenvalue weighted by atomic mass is 9.96. The van der Waals surface area contributed by atoms with E-state index in [1.807, 2.05) is 0 Å². The van der Waals surface area contributed by atoms with Crippen molar-refractivity contribution in [3.8, 4) is 0 Å². The molecular weight excluding hydrogens is 1220 g/mol. The van der Waals surface area contributed by atoms with Gasteiger partial charge in [-0.05, 0) is 44.7 Å². The predicted octanol–water partition coefficient (Wildman–Crippen LogP) is 1.44. The largest absolute Gasteiger partial charge is 0.467 e. The van der Waals surface area contributed by atoms with Crippen LogP contribution in [-0.4, -0.2) is 219 Å². The molecule has 4 fully saturated rings. The minimum Gasteiger partial charge on any atom is -0.467 e. The Kier molecular flexibility index (Phi) is 27.1. The Hall–Kier alpha value is -7.91. The van der Waals surface area contributed by atoms with Crippen LogP contribution in [-0.2, 0) is 137 Å². The van der Waals surface area contributed by atoms with Crippen molar-refractivity contribution in [1.82, 2.24) is 15.5 Å². The number of hydrogen-bond donors (Lipinski definition) is 3. The maximum atomic E-state index is 14.7. The van der Waals surface area contributed by atoms with Gasteiger partial charge in [-0.3, -0.25) is 43.2 Å². The number of ether oxygens (including phenoxy) is 16. The van der Waals surface area contributed by atoms with E-state index in [-0.39, 0.29) is 26.2 Å². The number of amides is 3. The van der Waals surface area contributed by atoms with E-state index in [2.05, 4.69) is 10.6 Å². The van der Waals surface area contributed by atoms with Gasteiger partial charge in [0, 0.05) is 55.0 Å². The molecule has 508 valence electrons. The van der Waals surface area contributed by atoms with Crippen molar-refractivity contribution in [2.45, 2.75) is 211 Å². The molecule has 0 aliphatic carbocycles. The highest BCUT2D eigenvalue weighted by Crippen LogP contribution is 2.35. The molecule has 3 N–H and O–H groups in total. The summed E-state index contributed by atoms with van der Waals surface area (Å²) in [7, 11) is 1.16. The molecule has 0 aromatic heterocycles. The minimum atomic E-state index is -1.91.